The van der Waals surface area contributed by atoms with Gasteiger partial charge in [0.25, 0.3) is 5.22 Å². The molecule has 1 fully saturated rings. The lowest BCUT2D eigenvalue weighted by atomic mass is 10.2. The average Bonchev–Trinajstić information content (AvgIpc) is 3.45. The van der Waals surface area contributed by atoms with E-state index in [4.69, 9.17) is 21.0 Å². The van der Waals surface area contributed by atoms with Gasteiger partial charge in [0.2, 0.25) is 5.91 Å². The highest BCUT2D eigenvalue weighted by atomic mass is 35.5. The molecule has 1 saturated heterocycles. The van der Waals surface area contributed by atoms with Crippen molar-refractivity contribution in [3.63, 3.8) is 0 Å². The minimum absolute atomic E-state index is 0.121. The van der Waals surface area contributed by atoms with Crippen molar-refractivity contribution in [2.45, 2.75) is 11.8 Å². The van der Waals surface area contributed by atoms with Crippen LogP contribution in [0.5, 0.6) is 0 Å². The van der Waals surface area contributed by atoms with Gasteiger partial charge in [-0.1, -0.05) is 47.6 Å². The summed E-state index contributed by atoms with van der Waals surface area (Å²) in [6, 6.07) is 15.4. The predicted molar refractivity (Wildman–Crippen MR) is 129 cm³/mol. The van der Waals surface area contributed by atoms with Crippen LogP contribution in [-0.4, -0.2) is 57.6 Å². The number of piperazine rings is 1. The van der Waals surface area contributed by atoms with E-state index in [9.17, 15) is 4.79 Å². The number of oxazole rings is 1. The van der Waals surface area contributed by atoms with Gasteiger partial charge in [-0.2, -0.15) is 0 Å². The maximum atomic E-state index is 12.6. The van der Waals surface area contributed by atoms with Crippen LogP contribution in [0.15, 0.2) is 63.6 Å². The van der Waals surface area contributed by atoms with E-state index in [1.807, 2.05) is 53.4 Å². The molecule has 32 heavy (non-hydrogen) atoms. The highest BCUT2D eigenvalue weighted by molar-refractivity contribution is 7.99. The second-order valence-corrected chi connectivity index (χ2v) is 9.77. The molecule has 2 aromatic carbocycles. The van der Waals surface area contributed by atoms with Crippen LogP contribution in [0.25, 0.3) is 21.7 Å². The number of aromatic nitrogens is 2. The number of carbonyl (C=O) groups is 1. The first kappa shape index (κ1) is 21.5. The number of benzene rings is 2. The van der Waals surface area contributed by atoms with E-state index in [-0.39, 0.29) is 5.91 Å². The molecule has 3 heterocycles. The minimum atomic E-state index is 0.121. The second-order valence-electron chi connectivity index (χ2n) is 7.54. The normalized spacial score (nSPS) is 14.8. The lowest BCUT2D eigenvalue weighted by molar-refractivity contribution is -0.130. The molecule has 5 rings (SSSR count). The fourth-order valence-corrected chi connectivity index (χ4v) is 5.30. The Balaban J connectivity index is 1.10. The molecule has 1 aliphatic heterocycles. The van der Waals surface area contributed by atoms with E-state index in [1.54, 1.807) is 11.3 Å². The minimum Gasteiger partial charge on any atom is -0.431 e. The molecule has 0 bridgehead atoms. The molecular weight excluding hydrogens is 464 g/mol. The number of nitrogens with zero attached hydrogens (tertiary/aromatic N) is 4. The Hall–Kier alpha value is -2.39. The van der Waals surface area contributed by atoms with Crippen molar-refractivity contribution in [1.29, 1.82) is 0 Å². The van der Waals surface area contributed by atoms with Crippen molar-refractivity contribution in [3.8, 4) is 10.6 Å². The van der Waals surface area contributed by atoms with Gasteiger partial charge in [0.15, 0.2) is 5.58 Å². The van der Waals surface area contributed by atoms with Crippen molar-refractivity contribution in [2.75, 3.05) is 31.9 Å². The lowest BCUT2D eigenvalue weighted by Gasteiger charge is -2.34. The van der Waals surface area contributed by atoms with Crippen molar-refractivity contribution in [1.82, 2.24) is 19.8 Å². The summed E-state index contributed by atoms with van der Waals surface area (Å²) < 4.78 is 5.69. The van der Waals surface area contributed by atoms with Crippen molar-refractivity contribution in [3.05, 3.63) is 64.6 Å². The molecular formula is C23H21ClN4O2S2. The van der Waals surface area contributed by atoms with E-state index < -0.39 is 0 Å². The van der Waals surface area contributed by atoms with Gasteiger partial charge in [-0.15, -0.1) is 11.3 Å². The van der Waals surface area contributed by atoms with E-state index in [2.05, 4.69) is 15.3 Å². The number of hydrogen-bond donors (Lipinski definition) is 0. The van der Waals surface area contributed by atoms with Gasteiger partial charge < -0.3 is 9.32 Å². The van der Waals surface area contributed by atoms with Gasteiger partial charge in [-0.3, -0.25) is 9.69 Å². The van der Waals surface area contributed by atoms with Gasteiger partial charge in [0.05, 0.1) is 11.4 Å². The smallest absolute Gasteiger partial charge is 0.257 e. The Morgan fingerprint density at radius 3 is 2.62 bits per heavy atom. The predicted octanol–water partition coefficient (Wildman–Crippen LogP) is 5.04. The Labute approximate surface area is 199 Å². The number of hydrogen-bond acceptors (Lipinski definition) is 7. The summed E-state index contributed by atoms with van der Waals surface area (Å²) in [5, 5.41) is 4.38. The van der Waals surface area contributed by atoms with Gasteiger partial charge in [0.1, 0.15) is 10.5 Å². The van der Waals surface area contributed by atoms with Gasteiger partial charge in [-0.05, 0) is 24.3 Å². The van der Waals surface area contributed by atoms with E-state index in [1.165, 1.54) is 11.8 Å². The summed E-state index contributed by atoms with van der Waals surface area (Å²) in [5.41, 5.74) is 3.71. The van der Waals surface area contributed by atoms with E-state index >= 15 is 0 Å². The number of thioether (sulfide) groups is 1. The molecule has 164 valence electrons. The Bertz CT molecular complexity index is 1180. The fraction of sp³-hybridized carbons (Fsp3) is 0.261. The first-order chi connectivity index (χ1) is 15.6. The van der Waals surface area contributed by atoms with Crippen LogP contribution in [0.4, 0.5) is 0 Å². The molecule has 1 aliphatic rings. The zero-order valence-electron chi connectivity index (χ0n) is 17.2. The van der Waals surface area contributed by atoms with Crippen LogP contribution in [0.3, 0.4) is 0 Å². The van der Waals surface area contributed by atoms with Crippen LogP contribution >= 0.6 is 34.7 Å². The summed E-state index contributed by atoms with van der Waals surface area (Å²) in [5.74, 6) is 0.458. The largest absolute Gasteiger partial charge is 0.431 e. The molecule has 9 heteroatoms. The fourth-order valence-electron chi connectivity index (χ4n) is 3.62. The molecule has 0 aliphatic carbocycles. The highest BCUT2D eigenvalue weighted by Crippen LogP contribution is 2.26. The van der Waals surface area contributed by atoms with E-state index in [0.29, 0.717) is 11.0 Å². The van der Waals surface area contributed by atoms with Gasteiger partial charge in [-0.25, -0.2) is 9.97 Å². The zero-order valence-corrected chi connectivity index (χ0v) is 19.6. The number of fused-ring (bicyclic) bond motifs is 1. The number of thiazole rings is 1. The number of para-hydroxylation sites is 2. The third-order valence-electron chi connectivity index (χ3n) is 5.35. The standard InChI is InChI=1S/C23H21ClN4O2S2/c24-17-7-5-16(6-8-17)22-25-18(14-31-22)13-27-9-11-28(12-10-27)21(29)15-32-23-26-19-3-1-2-4-20(19)30-23/h1-8,14H,9-13,15H2. The maximum absolute atomic E-state index is 12.6. The summed E-state index contributed by atoms with van der Waals surface area (Å²) in [7, 11) is 0. The molecule has 0 atom stereocenters. The summed E-state index contributed by atoms with van der Waals surface area (Å²) >= 11 is 8.97. The third kappa shape index (κ3) is 4.99. The summed E-state index contributed by atoms with van der Waals surface area (Å²) in [6.45, 7) is 3.92. The molecule has 0 radical (unpaired) electrons. The SMILES string of the molecule is O=C(CSc1nc2ccccc2o1)N1CCN(Cc2csc(-c3ccc(Cl)cc3)n2)CC1. The van der Waals surface area contributed by atoms with Crippen LogP contribution in [0.2, 0.25) is 5.02 Å². The number of amides is 1. The number of carbonyl (C=O) groups excluding carboxylic acids is 1. The van der Waals surface area contributed by atoms with Crippen molar-refractivity contribution in [2.24, 2.45) is 0 Å². The van der Waals surface area contributed by atoms with E-state index in [0.717, 1.165) is 65.1 Å². The Kier molecular flexibility index (Phi) is 6.45. The Morgan fingerprint density at radius 1 is 1.06 bits per heavy atom. The Morgan fingerprint density at radius 2 is 1.84 bits per heavy atom. The third-order valence-corrected chi connectivity index (χ3v) is 7.35. The van der Waals surface area contributed by atoms with Crippen LogP contribution in [0.1, 0.15) is 5.69 Å². The number of rotatable bonds is 6. The molecule has 1 amide bonds. The van der Waals surface area contributed by atoms with Crippen molar-refractivity contribution >= 4 is 51.7 Å². The highest BCUT2D eigenvalue weighted by Gasteiger charge is 2.22. The number of halogens is 1. The van der Waals surface area contributed by atoms with Crippen LogP contribution in [0, 0.1) is 0 Å². The summed E-state index contributed by atoms with van der Waals surface area (Å²) in [6.07, 6.45) is 0. The lowest BCUT2D eigenvalue weighted by Crippen LogP contribution is -2.48. The maximum Gasteiger partial charge on any atom is 0.257 e. The van der Waals surface area contributed by atoms with Crippen molar-refractivity contribution < 1.29 is 9.21 Å². The van der Waals surface area contributed by atoms with Crippen LogP contribution in [-0.2, 0) is 11.3 Å². The van der Waals surface area contributed by atoms with Crippen LogP contribution < -0.4 is 0 Å². The first-order valence-corrected chi connectivity index (χ1v) is 12.6. The second kappa shape index (κ2) is 9.62. The molecule has 0 saturated carbocycles. The quantitative estimate of drug-likeness (QED) is 0.357. The summed E-state index contributed by atoms with van der Waals surface area (Å²) in [4.78, 5) is 26.1. The molecule has 6 nitrogen and oxygen atoms in total. The molecule has 4 aromatic rings. The first-order valence-electron chi connectivity index (χ1n) is 10.3. The molecule has 0 N–H and O–H groups in total. The monoisotopic (exact) mass is 484 g/mol. The van der Waals surface area contributed by atoms with Gasteiger partial charge >= 0.3 is 0 Å². The topological polar surface area (TPSA) is 62.5 Å². The van der Waals surface area contributed by atoms with Gasteiger partial charge in [0, 0.05) is 48.7 Å². The molecule has 2 aromatic heterocycles. The molecule has 0 spiro atoms. The zero-order chi connectivity index (χ0) is 21.9. The average molecular weight is 485 g/mol. The molecule has 0 unspecified atom stereocenters.